The number of halogens is 2. The van der Waals surface area contributed by atoms with Gasteiger partial charge in [0.15, 0.2) is 5.82 Å². The number of carboxylic acids is 1. The highest BCUT2D eigenvalue weighted by atomic mass is 19.1. The minimum Gasteiger partial charge on any atom is -0.496 e. The van der Waals surface area contributed by atoms with E-state index in [2.05, 4.69) is 4.98 Å². The predicted molar refractivity (Wildman–Crippen MR) is 85.3 cm³/mol. The maximum absolute atomic E-state index is 14.1. The van der Waals surface area contributed by atoms with Crippen LogP contribution in [0.3, 0.4) is 0 Å². The number of carbonyl (C=O) groups is 1. The van der Waals surface area contributed by atoms with Gasteiger partial charge < -0.3 is 9.84 Å². The number of fused-ring (bicyclic) bond motifs is 1. The van der Waals surface area contributed by atoms with E-state index in [0.29, 0.717) is 17.4 Å². The fraction of sp³-hybridized carbons (Fsp3) is 0.111. The van der Waals surface area contributed by atoms with Crippen LogP contribution in [0.2, 0.25) is 0 Å². The summed E-state index contributed by atoms with van der Waals surface area (Å²) in [5.41, 5.74) is 1.34. The number of benzene rings is 2. The molecule has 0 radical (unpaired) electrons. The molecule has 122 valence electrons. The van der Waals surface area contributed by atoms with Gasteiger partial charge in [-0.2, -0.15) is 0 Å². The van der Waals surface area contributed by atoms with Gasteiger partial charge in [0.1, 0.15) is 17.1 Å². The third-order valence-electron chi connectivity index (χ3n) is 3.75. The number of methoxy groups -OCH3 is 1. The van der Waals surface area contributed by atoms with Crippen molar-refractivity contribution in [1.82, 2.24) is 4.98 Å². The monoisotopic (exact) mass is 329 g/mol. The van der Waals surface area contributed by atoms with Crippen molar-refractivity contribution in [3.8, 4) is 17.0 Å². The van der Waals surface area contributed by atoms with E-state index in [1.54, 1.807) is 25.3 Å². The number of rotatable bonds is 3. The van der Waals surface area contributed by atoms with Crippen molar-refractivity contribution in [2.75, 3.05) is 7.11 Å². The maximum Gasteiger partial charge on any atom is 0.336 e. The standard InChI is InChI=1S/C18H13F2NO3/c1-9-5-10(3-4-16(9)24-2)15-8-13(18(22)23)12-6-11(19)7-14(20)17(12)21-15/h3-8H,1-2H3,(H,22,23). The van der Waals surface area contributed by atoms with Gasteiger partial charge in [0.2, 0.25) is 0 Å². The second kappa shape index (κ2) is 5.88. The number of hydrogen-bond donors (Lipinski definition) is 1. The predicted octanol–water partition coefficient (Wildman–Crippen LogP) is 4.20. The van der Waals surface area contributed by atoms with Crippen molar-refractivity contribution in [1.29, 1.82) is 0 Å². The molecule has 0 aliphatic rings. The molecule has 2 aromatic carbocycles. The molecule has 0 fully saturated rings. The van der Waals surface area contributed by atoms with Gasteiger partial charge in [-0.15, -0.1) is 0 Å². The van der Waals surface area contributed by atoms with E-state index in [0.717, 1.165) is 11.6 Å². The first-order chi connectivity index (χ1) is 11.4. The number of aryl methyl sites for hydroxylation is 1. The van der Waals surface area contributed by atoms with E-state index in [9.17, 15) is 18.7 Å². The van der Waals surface area contributed by atoms with Crippen LogP contribution in [0.1, 0.15) is 15.9 Å². The second-order valence-corrected chi connectivity index (χ2v) is 5.33. The van der Waals surface area contributed by atoms with Crippen LogP contribution in [-0.2, 0) is 0 Å². The molecule has 0 saturated heterocycles. The molecule has 4 nitrogen and oxygen atoms in total. The zero-order valence-corrected chi connectivity index (χ0v) is 12.9. The molecule has 3 rings (SSSR count). The average molecular weight is 329 g/mol. The van der Waals surface area contributed by atoms with Crippen molar-refractivity contribution < 1.29 is 23.4 Å². The van der Waals surface area contributed by atoms with Crippen LogP contribution < -0.4 is 4.74 Å². The van der Waals surface area contributed by atoms with Crippen LogP contribution in [0.15, 0.2) is 36.4 Å². The third-order valence-corrected chi connectivity index (χ3v) is 3.75. The largest absolute Gasteiger partial charge is 0.496 e. The number of nitrogens with zero attached hydrogens (tertiary/aromatic N) is 1. The Balaban J connectivity index is 2.30. The van der Waals surface area contributed by atoms with E-state index in [1.807, 2.05) is 6.92 Å². The highest BCUT2D eigenvalue weighted by molar-refractivity contribution is 6.03. The quantitative estimate of drug-likeness (QED) is 0.782. The van der Waals surface area contributed by atoms with Gasteiger partial charge in [-0.1, -0.05) is 0 Å². The highest BCUT2D eigenvalue weighted by Crippen LogP contribution is 2.29. The summed E-state index contributed by atoms with van der Waals surface area (Å²) in [5.74, 6) is -2.36. The number of pyridine rings is 1. The summed E-state index contributed by atoms with van der Waals surface area (Å²) in [5, 5.41) is 9.31. The normalized spacial score (nSPS) is 10.8. The first-order valence-electron chi connectivity index (χ1n) is 7.09. The molecule has 3 aromatic rings. The summed E-state index contributed by atoms with van der Waals surface area (Å²) < 4.78 is 32.7. The number of aromatic nitrogens is 1. The van der Waals surface area contributed by atoms with E-state index in [-0.39, 0.29) is 22.2 Å². The van der Waals surface area contributed by atoms with Crippen molar-refractivity contribution in [2.24, 2.45) is 0 Å². The molecule has 0 aliphatic heterocycles. The number of aromatic carboxylic acids is 1. The number of carboxylic acid groups (broad SMARTS) is 1. The van der Waals surface area contributed by atoms with Crippen LogP contribution in [0, 0.1) is 18.6 Å². The molecule has 1 heterocycles. The van der Waals surface area contributed by atoms with Crippen LogP contribution >= 0.6 is 0 Å². The summed E-state index contributed by atoms with van der Waals surface area (Å²) in [6.07, 6.45) is 0. The Kier molecular flexibility index (Phi) is 3.89. The Hall–Kier alpha value is -3.02. The van der Waals surface area contributed by atoms with E-state index >= 15 is 0 Å². The van der Waals surface area contributed by atoms with Gasteiger partial charge in [-0.3, -0.25) is 0 Å². The van der Waals surface area contributed by atoms with Gasteiger partial charge >= 0.3 is 5.97 Å². The van der Waals surface area contributed by atoms with Crippen LogP contribution in [0.4, 0.5) is 8.78 Å². The van der Waals surface area contributed by atoms with Crippen molar-refractivity contribution in [3.63, 3.8) is 0 Å². The molecule has 0 spiro atoms. The summed E-state index contributed by atoms with van der Waals surface area (Å²) >= 11 is 0. The topological polar surface area (TPSA) is 59.4 Å². The van der Waals surface area contributed by atoms with Gasteiger partial charge in [-0.05, 0) is 42.8 Å². The Bertz CT molecular complexity index is 970. The summed E-state index contributed by atoms with van der Waals surface area (Å²) in [6.45, 7) is 1.83. The average Bonchev–Trinajstić information content (AvgIpc) is 2.53. The fourth-order valence-corrected chi connectivity index (χ4v) is 2.61. The van der Waals surface area contributed by atoms with Crippen LogP contribution in [-0.4, -0.2) is 23.2 Å². The lowest BCUT2D eigenvalue weighted by molar-refractivity contribution is 0.0699. The van der Waals surface area contributed by atoms with Gasteiger partial charge in [-0.25, -0.2) is 18.6 Å². The number of hydrogen-bond acceptors (Lipinski definition) is 3. The van der Waals surface area contributed by atoms with Crippen LogP contribution in [0.25, 0.3) is 22.2 Å². The summed E-state index contributed by atoms with van der Waals surface area (Å²) in [7, 11) is 1.54. The van der Waals surface area contributed by atoms with Crippen molar-refractivity contribution in [3.05, 3.63) is 59.2 Å². The first-order valence-corrected chi connectivity index (χ1v) is 7.09. The molecule has 0 aliphatic carbocycles. The zero-order chi connectivity index (χ0) is 17.4. The third kappa shape index (κ3) is 2.67. The molecule has 0 atom stereocenters. The lowest BCUT2D eigenvalue weighted by atomic mass is 10.0. The van der Waals surface area contributed by atoms with Crippen molar-refractivity contribution >= 4 is 16.9 Å². The second-order valence-electron chi connectivity index (χ2n) is 5.33. The zero-order valence-electron chi connectivity index (χ0n) is 12.9. The molecule has 1 aromatic heterocycles. The number of ether oxygens (including phenoxy) is 1. The minimum atomic E-state index is -1.28. The minimum absolute atomic E-state index is 0.0750. The molecule has 6 heteroatoms. The molecular weight excluding hydrogens is 316 g/mol. The lowest BCUT2D eigenvalue weighted by Gasteiger charge is -2.10. The SMILES string of the molecule is COc1ccc(-c2cc(C(=O)O)c3cc(F)cc(F)c3n2)cc1C. The van der Waals surface area contributed by atoms with Crippen molar-refractivity contribution in [2.45, 2.75) is 6.92 Å². The molecular formula is C18H13F2NO3. The van der Waals surface area contributed by atoms with Gasteiger partial charge in [0.25, 0.3) is 0 Å². The Labute approximate surface area is 136 Å². The summed E-state index contributed by atoms with van der Waals surface area (Å²) in [4.78, 5) is 15.7. The maximum atomic E-state index is 14.1. The smallest absolute Gasteiger partial charge is 0.336 e. The molecule has 0 unspecified atom stereocenters. The van der Waals surface area contributed by atoms with Crippen LogP contribution in [0.5, 0.6) is 5.75 Å². The highest BCUT2D eigenvalue weighted by Gasteiger charge is 2.17. The molecule has 24 heavy (non-hydrogen) atoms. The van der Waals surface area contributed by atoms with E-state index in [4.69, 9.17) is 4.74 Å². The molecule has 0 saturated carbocycles. The lowest BCUT2D eigenvalue weighted by Crippen LogP contribution is -2.02. The fourth-order valence-electron chi connectivity index (χ4n) is 2.61. The van der Waals surface area contributed by atoms with Gasteiger partial charge in [0, 0.05) is 17.0 Å². The molecule has 0 bridgehead atoms. The molecule has 1 N–H and O–H groups in total. The van der Waals surface area contributed by atoms with E-state index < -0.39 is 17.6 Å². The Morgan fingerprint density at radius 1 is 1.17 bits per heavy atom. The summed E-state index contributed by atoms with van der Waals surface area (Å²) in [6, 6.07) is 8.15. The van der Waals surface area contributed by atoms with E-state index in [1.165, 1.54) is 6.07 Å². The molecule has 0 amide bonds. The Morgan fingerprint density at radius 3 is 2.54 bits per heavy atom. The Morgan fingerprint density at radius 2 is 1.92 bits per heavy atom. The first kappa shape index (κ1) is 15.9. The van der Waals surface area contributed by atoms with Gasteiger partial charge in [0.05, 0.1) is 18.4 Å².